The number of cyclic esters (lactones) is 1. The first-order valence-corrected chi connectivity index (χ1v) is 15.0. The fourth-order valence-electron chi connectivity index (χ4n) is 6.02. The number of nitrogens with one attached hydrogen (secondary N) is 1. The van der Waals surface area contributed by atoms with Crippen LogP contribution in [0.3, 0.4) is 0 Å². The lowest BCUT2D eigenvalue weighted by atomic mass is 9.79. The van der Waals surface area contributed by atoms with E-state index in [-0.39, 0.29) is 31.7 Å². The largest absolute Gasteiger partial charge is 0.462 e. The molecule has 2 aliphatic heterocycles. The third kappa shape index (κ3) is 9.51. The Kier molecular flexibility index (Phi) is 14.4. The number of hydrogen-bond donors (Lipinski definition) is 5. The van der Waals surface area contributed by atoms with Gasteiger partial charge in [0.1, 0.15) is 24.5 Å². The predicted octanol–water partition coefficient (Wildman–Crippen LogP) is -0.0147. The second-order valence-corrected chi connectivity index (χ2v) is 12.3. The van der Waals surface area contributed by atoms with Gasteiger partial charge in [-0.2, -0.15) is 0 Å². The van der Waals surface area contributed by atoms with Crippen molar-refractivity contribution in [3.05, 3.63) is 23.8 Å². The van der Waals surface area contributed by atoms with Crippen molar-refractivity contribution in [2.24, 2.45) is 23.7 Å². The van der Waals surface area contributed by atoms with Crippen LogP contribution in [0.5, 0.6) is 0 Å². The number of likely N-dealkylation sites (N-methyl/N-ethyl adjacent to an activating group) is 1. The SMILES string of the molecule is CC[C@H]1OC(=O)C[C@@H](O)[C@H](C)[C@@H](O[C@@H]2O[C@H](C)[C@@H](O)[C@H]([NH+](C)C)[C@H]2O)[C@@H](CC=O)C[C@@H](C)C(=O)/C=C/C(C)=C/[C@@H]1CO. The van der Waals surface area contributed by atoms with E-state index in [0.29, 0.717) is 12.0 Å². The highest BCUT2D eigenvalue weighted by molar-refractivity contribution is 5.91. The highest BCUT2D eigenvalue weighted by atomic mass is 16.7. The molecule has 0 aromatic carbocycles. The van der Waals surface area contributed by atoms with Gasteiger partial charge in [0.05, 0.1) is 45.4 Å². The number of hydrogen-bond acceptors (Lipinski definition) is 10. The number of ether oxygens (including phenoxy) is 3. The van der Waals surface area contributed by atoms with E-state index in [0.717, 1.165) is 11.2 Å². The van der Waals surface area contributed by atoms with E-state index < -0.39 is 78.6 Å². The molecule has 2 aliphatic rings. The van der Waals surface area contributed by atoms with E-state index in [1.165, 1.54) is 6.08 Å². The molecule has 5 N–H and O–H groups in total. The van der Waals surface area contributed by atoms with Crippen LogP contribution in [0, 0.1) is 23.7 Å². The van der Waals surface area contributed by atoms with Crippen LogP contribution >= 0.6 is 0 Å². The summed E-state index contributed by atoms with van der Waals surface area (Å²) in [6.07, 6.45) is -0.956. The number of aldehydes is 1. The molecule has 0 unspecified atom stereocenters. The van der Waals surface area contributed by atoms with E-state index >= 15 is 0 Å². The van der Waals surface area contributed by atoms with Gasteiger partial charge in [-0.1, -0.05) is 38.5 Å². The fraction of sp³-hybridized carbons (Fsp3) is 0.774. The molecule has 0 bridgehead atoms. The first kappa shape index (κ1) is 36.2. The van der Waals surface area contributed by atoms with Crippen LogP contribution < -0.4 is 4.90 Å². The molecule has 11 nitrogen and oxygen atoms in total. The van der Waals surface area contributed by atoms with Crippen LogP contribution in [0.2, 0.25) is 0 Å². The second-order valence-electron chi connectivity index (χ2n) is 12.3. The van der Waals surface area contributed by atoms with Gasteiger partial charge < -0.3 is 44.3 Å². The van der Waals surface area contributed by atoms with E-state index in [1.54, 1.807) is 53.9 Å². The van der Waals surface area contributed by atoms with Gasteiger partial charge in [-0.25, -0.2) is 0 Å². The summed E-state index contributed by atoms with van der Waals surface area (Å²) < 4.78 is 17.9. The molecular formula is C31H52NO10+. The van der Waals surface area contributed by atoms with Crippen molar-refractivity contribution in [3.8, 4) is 0 Å². The highest BCUT2D eigenvalue weighted by Gasteiger charge is 2.49. The molecule has 0 aromatic heterocycles. The number of rotatable bonds is 7. The molecule has 0 radical (unpaired) electrons. The molecule has 12 atom stereocenters. The van der Waals surface area contributed by atoms with Crippen LogP contribution in [0.15, 0.2) is 23.8 Å². The lowest BCUT2D eigenvalue weighted by Gasteiger charge is -2.45. The lowest BCUT2D eigenvalue weighted by molar-refractivity contribution is -0.897. The number of aliphatic hydroxyl groups is 4. The summed E-state index contributed by atoms with van der Waals surface area (Å²) in [5, 5.41) is 43.0. The highest BCUT2D eigenvalue weighted by Crippen LogP contribution is 2.33. The van der Waals surface area contributed by atoms with Crippen molar-refractivity contribution in [3.63, 3.8) is 0 Å². The van der Waals surface area contributed by atoms with Crippen LogP contribution in [0.4, 0.5) is 0 Å². The molecule has 240 valence electrons. The summed E-state index contributed by atoms with van der Waals surface area (Å²) in [6.45, 7) is 8.45. The maximum Gasteiger partial charge on any atom is 0.308 e. The number of quaternary nitrogens is 1. The minimum atomic E-state index is -1.25. The van der Waals surface area contributed by atoms with Crippen molar-refractivity contribution in [2.45, 2.75) is 109 Å². The molecule has 1 fully saturated rings. The van der Waals surface area contributed by atoms with Gasteiger partial charge in [0.2, 0.25) is 0 Å². The van der Waals surface area contributed by atoms with E-state index in [9.17, 15) is 34.8 Å². The van der Waals surface area contributed by atoms with Gasteiger partial charge in [0.25, 0.3) is 0 Å². The zero-order valence-corrected chi connectivity index (χ0v) is 26.0. The van der Waals surface area contributed by atoms with Crippen molar-refractivity contribution >= 4 is 18.0 Å². The Morgan fingerprint density at radius 1 is 1.10 bits per heavy atom. The summed E-state index contributed by atoms with van der Waals surface area (Å²) in [6, 6.07) is -0.628. The Morgan fingerprint density at radius 3 is 2.33 bits per heavy atom. The van der Waals surface area contributed by atoms with Gasteiger partial charge >= 0.3 is 5.97 Å². The zero-order chi connectivity index (χ0) is 31.7. The topological polar surface area (TPSA) is 164 Å². The molecule has 11 heteroatoms. The Hall–Kier alpha value is -1.99. The van der Waals surface area contributed by atoms with Crippen LogP contribution in [-0.4, -0.2) is 108 Å². The smallest absolute Gasteiger partial charge is 0.308 e. The molecule has 2 rings (SSSR count). The number of carbonyl (C=O) groups excluding carboxylic acids is 3. The normalized spacial score (nSPS) is 41.6. The van der Waals surface area contributed by atoms with Crippen molar-refractivity contribution < 1.29 is 53.9 Å². The van der Waals surface area contributed by atoms with Crippen molar-refractivity contribution in [2.75, 3.05) is 20.7 Å². The molecule has 1 saturated heterocycles. The van der Waals surface area contributed by atoms with E-state index in [1.807, 2.05) is 6.92 Å². The zero-order valence-electron chi connectivity index (χ0n) is 26.0. The average molecular weight is 599 g/mol. The Balaban J connectivity index is 2.52. The van der Waals surface area contributed by atoms with Crippen molar-refractivity contribution in [1.82, 2.24) is 0 Å². The lowest BCUT2D eigenvalue weighted by Crippen LogP contribution is -3.14. The number of allylic oxidation sites excluding steroid dienone is 3. The van der Waals surface area contributed by atoms with Crippen LogP contribution in [0.25, 0.3) is 0 Å². The fourth-order valence-corrected chi connectivity index (χ4v) is 6.02. The second kappa shape index (κ2) is 16.7. The van der Waals surface area contributed by atoms with Gasteiger partial charge in [0.15, 0.2) is 18.2 Å². The van der Waals surface area contributed by atoms with Crippen LogP contribution in [-0.2, 0) is 28.6 Å². The standard InChI is InChI=1S/C31H51NO10/c1-8-25-22(16-34)13-17(2)9-10-23(35)18(3)14-21(11-12-33)30(19(4)24(36)15-26(37)41-25)42-31-29(39)27(32(6)7)28(38)20(5)40-31/h9-10,12-13,18-22,24-25,27-31,34,36,38-39H,8,11,14-16H2,1-7H3/p+1/b10-9+,17-13+/t18-,19+,20-,21+,22-,24-,25-,27+,28-,29-,30-,31+/m1/s1. The summed E-state index contributed by atoms with van der Waals surface area (Å²) in [7, 11) is 3.60. The first-order chi connectivity index (χ1) is 19.7. The maximum atomic E-state index is 13.1. The minimum absolute atomic E-state index is 0.00583. The number of esters is 1. The summed E-state index contributed by atoms with van der Waals surface area (Å²) >= 11 is 0. The molecule has 0 saturated carbocycles. The first-order valence-electron chi connectivity index (χ1n) is 15.0. The summed E-state index contributed by atoms with van der Waals surface area (Å²) in [5.41, 5.74) is 0.716. The third-order valence-corrected chi connectivity index (χ3v) is 8.67. The molecule has 42 heavy (non-hydrogen) atoms. The molecule has 0 spiro atoms. The molecule has 2 heterocycles. The summed E-state index contributed by atoms with van der Waals surface area (Å²) in [4.78, 5) is 38.7. The average Bonchev–Trinajstić information content (AvgIpc) is 2.93. The molecule has 0 aliphatic carbocycles. The number of ketones is 1. The van der Waals surface area contributed by atoms with Gasteiger partial charge in [-0.15, -0.1) is 0 Å². The van der Waals surface area contributed by atoms with Gasteiger partial charge in [-0.3, -0.25) is 9.59 Å². The van der Waals surface area contributed by atoms with Gasteiger partial charge in [-0.05, 0) is 38.7 Å². The van der Waals surface area contributed by atoms with E-state index in [2.05, 4.69) is 0 Å². The summed E-state index contributed by atoms with van der Waals surface area (Å²) in [5.74, 6) is -3.14. The molecular weight excluding hydrogens is 546 g/mol. The minimum Gasteiger partial charge on any atom is -0.462 e. The van der Waals surface area contributed by atoms with E-state index in [4.69, 9.17) is 14.2 Å². The Labute approximate surface area is 249 Å². The van der Waals surface area contributed by atoms with Gasteiger partial charge in [0, 0.05) is 24.2 Å². The number of carbonyl (C=O) groups is 3. The number of aliphatic hydroxyl groups excluding tert-OH is 4. The third-order valence-electron chi connectivity index (χ3n) is 8.67. The maximum absolute atomic E-state index is 13.1. The van der Waals surface area contributed by atoms with Crippen LogP contribution in [0.1, 0.15) is 60.3 Å². The quantitative estimate of drug-likeness (QED) is 0.199. The Bertz CT molecular complexity index is 952. The molecule has 0 amide bonds. The monoisotopic (exact) mass is 598 g/mol. The predicted molar refractivity (Wildman–Crippen MR) is 154 cm³/mol. The Morgan fingerprint density at radius 2 is 1.76 bits per heavy atom. The molecule has 0 aromatic rings. The van der Waals surface area contributed by atoms with Crippen molar-refractivity contribution in [1.29, 1.82) is 0 Å².